The molecular formula is C20H36N4O2S. The molecule has 2 heterocycles. The van der Waals surface area contributed by atoms with Crippen LogP contribution in [0.4, 0.5) is 0 Å². The first kappa shape index (κ1) is 22.1. The van der Waals surface area contributed by atoms with Gasteiger partial charge in [-0.3, -0.25) is 4.99 Å². The van der Waals surface area contributed by atoms with Gasteiger partial charge in [0, 0.05) is 57.1 Å². The van der Waals surface area contributed by atoms with Crippen molar-refractivity contribution in [1.82, 2.24) is 15.6 Å². The zero-order valence-electron chi connectivity index (χ0n) is 17.0. The van der Waals surface area contributed by atoms with Gasteiger partial charge >= 0.3 is 0 Å². The van der Waals surface area contributed by atoms with Crippen molar-refractivity contribution in [3.63, 3.8) is 0 Å². The van der Waals surface area contributed by atoms with E-state index in [1.165, 1.54) is 5.01 Å². The summed E-state index contributed by atoms with van der Waals surface area (Å²) in [6.45, 7) is 10.2. The Kier molecular flexibility index (Phi) is 11.4. The lowest BCUT2D eigenvalue weighted by Gasteiger charge is -2.21. The Morgan fingerprint density at radius 2 is 2.15 bits per heavy atom. The number of nitrogens with zero attached hydrogens (tertiary/aromatic N) is 2. The highest BCUT2D eigenvalue weighted by Gasteiger charge is 2.13. The summed E-state index contributed by atoms with van der Waals surface area (Å²) in [5, 5.41) is 10.1. The molecule has 0 atom stereocenters. The summed E-state index contributed by atoms with van der Waals surface area (Å²) >= 11 is 1.76. The van der Waals surface area contributed by atoms with E-state index in [-0.39, 0.29) is 0 Å². The quantitative estimate of drug-likeness (QED) is 0.323. The first-order valence-electron chi connectivity index (χ1n) is 10.4. The van der Waals surface area contributed by atoms with Crippen molar-refractivity contribution in [2.75, 3.05) is 46.1 Å². The Morgan fingerprint density at radius 1 is 1.30 bits per heavy atom. The van der Waals surface area contributed by atoms with E-state index in [2.05, 4.69) is 39.8 Å². The first-order chi connectivity index (χ1) is 13.3. The number of nitrogens with one attached hydrogen (secondary N) is 2. The van der Waals surface area contributed by atoms with Gasteiger partial charge in [-0.2, -0.15) is 0 Å². The molecule has 27 heavy (non-hydrogen) atoms. The van der Waals surface area contributed by atoms with Crippen LogP contribution in [0.25, 0.3) is 0 Å². The molecule has 1 aromatic rings. The molecule has 0 radical (unpaired) electrons. The highest BCUT2D eigenvalue weighted by atomic mass is 32.1. The summed E-state index contributed by atoms with van der Waals surface area (Å²) in [6, 6.07) is 0. The van der Waals surface area contributed by atoms with E-state index in [4.69, 9.17) is 9.47 Å². The molecule has 1 fully saturated rings. The fourth-order valence-corrected chi connectivity index (χ4v) is 3.81. The lowest BCUT2D eigenvalue weighted by atomic mass is 10.0. The third-order valence-corrected chi connectivity index (χ3v) is 5.56. The Bertz CT molecular complexity index is 530. The SMILES string of the molecule is CCNC(=NCCCOCC1CCOCC1)NCCCCc1nc(C)cs1. The molecule has 1 aromatic heterocycles. The number of aliphatic imine (C=N–C) groups is 1. The van der Waals surface area contributed by atoms with Crippen LogP contribution in [0.5, 0.6) is 0 Å². The first-order valence-corrected chi connectivity index (χ1v) is 11.2. The van der Waals surface area contributed by atoms with Crippen LogP contribution in [0.2, 0.25) is 0 Å². The smallest absolute Gasteiger partial charge is 0.191 e. The number of ether oxygens (including phenoxy) is 2. The van der Waals surface area contributed by atoms with E-state index in [1.54, 1.807) is 11.3 Å². The van der Waals surface area contributed by atoms with Gasteiger partial charge < -0.3 is 20.1 Å². The third-order valence-electron chi connectivity index (χ3n) is 4.53. The van der Waals surface area contributed by atoms with Gasteiger partial charge in [0.15, 0.2) is 5.96 Å². The molecule has 0 saturated carbocycles. The monoisotopic (exact) mass is 396 g/mol. The minimum absolute atomic E-state index is 0.675. The van der Waals surface area contributed by atoms with E-state index >= 15 is 0 Å². The fraction of sp³-hybridized carbons (Fsp3) is 0.800. The second kappa shape index (κ2) is 13.9. The summed E-state index contributed by atoms with van der Waals surface area (Å²) in [6.07, 6.45) is 6.57. The number of aromatic nitrogens is 1. The van der Waals surface area contributed by atoms with Crippen molar-refractivity contribution in [3.8, 4) is 0 Å². The molecule has 6 nitrogen and oxygen atoms in total. The number of hydrogen-bond donors (Lipinski definition) is 2. The number of aryl methyl sites for hydroxylation is 2. The lowest BCUT2D eigenvalue weighted by Crippen LogP contribution is -2.38. The number of unbranched alkanes of at least 4 members (excludes halogenated alkanes) is 1. The molecule has 0 amide bonds. The molecular weight excluding hydrogens is 360 g/mol. The topological polar surface area (TPSA) is 67.8 Å². The standard InChI is InChI=1S/C20H36N4O2S/c1-3-21-20(22-10-5-4-7-19-24-17(2)16-27-19)23-11-6-12-26-15-18-8-13-25-14-9-18/h16,18H,3-15H2,1-2H3,(H2,21,22,23). The van der Waals surface area contributed by atoms with Gasteiger partial charge in [0.2, 0.25) is 0 Å². The van der Waals surface area contributed by atoms with Crippen LogP contribution in [0.15, 0.2) is 10.4 Å². The molecule has 0 spiro atoms. The van der Waals surface area contributed by atoms with Crippen LogP contribution in [-0.2, 0) is 15.9 Å². The van der Waals surface area contributed by atoms with Crippen molar-refractivity contribution >= 4 is 17.3 Å². The second-order valence-corrected chi connectivity index (χ2v) is 7.95. The van der Waals surface area contributed by atoms with Crippen LogP contribution in [0, 0.1) is 12.8 Å². The van der Waals surface area contributed by atoms with E-state index in [0.717, 1.165) is 96.2 Å². The van der Waals surface area contributed by atoms with E-state index < -0.39 is 0 Å². The van der Waals surface area contributed by atoms with E-state index in [9.17, 15) is 0 Å². The van der Waals surface area contributed by atoms with Crippen molar-refractivity contribution < 1.29 is 9.47 Å². The van der Waals surface area contributed by atoms with Gasteiger partial charge in [-0.05, 0) is 58.3 Å². The largest absolute Gasteiger partial charge is 0.381 e. The highest BCUT2D eigenvalue weighted by Crippen LogP contribution is 2.14. The minimum Gasteiger partial charge on any atom is -0.381 e. The minimum atomic E-state index is 0.675. The van der Waals surface area contributed by atoms with Crippen LogP contribution in [0.1, 0.15) is 49.7 Å². The predicted octanol–water partition coefficient (Wildman–Crippen LogP) is 3.16. The molecule has 1 aliphatic rings. The maximum absolute atomic E-state index is 5.80. The molecule has 1 saturated heterocycles. The Balaban J connectivity index is 1.50. The number of guanidine groups is 1. The van der Waals surface area contributed by atoms with Gasteiger partial charge in [0.1, 0.15) is 0 Å². The Labute approximate surface area is 168 Å². The Morgan fingerprint density at radius 3 is 2.89 bits per heavy atom. The summed E-state index contributed by atoms with van der Waals surface area (Å²) in [7, 11) is 0. The van der Waals surface area contributed by atoms with Crippen molar-refractivity contribution in [2.45, 2.75) is 52.4 Å². The molecule has 0 aliphatic carbocycles. The highest BCUT2D eigenvalue weighted by molar-refractivity contribution is 7.09. The molecule has 0 aromatic carbocycles. The maximum Gasteiger partial charge on any atom is 0.191 e. The van der Waals surface area contributed by atoms with Crippen LogP contribution in [-0.4, -0.2) is 57.0 Å². The van der Waals surface area contributed by atoms with Crippen LogP contribution >= 0.6 is 11.3 Å². The average molecular weight is 397 g/mol. The Hall–Kier alpha value is -1.18. The van der Waals surface area contributed by atoms with Gasteiger partial charge in [-0.15, -0.1) is 11.3 Å². The van der Waals surface area contributed by atoms with Crippen molar-refractivity contribution in [3.05, 3.63) is 16.1 Å². The molecule has 2 N–H and O–H groups in total. The summed E-state index contributed by atoms with van der Waals surface area (Å²) in [4.78, 5) is 9.15. The van der Waals surface area contributed by atoms with Gasteiger partial charge in [0.25, 0.3) is 0 Å². The predicted molar refractivity (Wildman–Crippen MR) is 113 cm³/mol. The van der Waals surface area contributed by atoms with Gasteiger partial charge in [-0.1, -0.05) is 0 Å². The normalized spacial score (nSPS) is 15.9. The number of thiazole rings is 1. The molecule has 0 bridgehead atoms. The third kappa shape index (κ3) is 10.1. The zero-order valence-corrected chi connectivity index (χ0v) is 17.8. The van der Waals surface area contributed by atoms with E-state index in [1.807, 2.05) is 0 Å². The molecule has 154 valence electrons. The van der Waals surface area contributed by atoms with Crippen molar-refractivity contribution in [2.24, 2.45) is 10.9 Å². The summed E-state index contributed by atoms with van der Waals surface area (Å²) < 4.78 is 11.2. The lowest BCUT2D eigenvalue weighted by molar-refractivity contribution is 0.0205. The molecule has 2 rings (SSSR count). The molecule has 7 heteroatoms. The fourth-order valence-electron chi connectivity index (χ4n) is 2.99. The molecule has 0 unspecified atom stereocenters. The van der Waals surface area contributed by atoms with Gasteiger partial charge in [0.05, 0.1) is 5.01 Å². The van der Waals surface area contributed by atoms with Crippen LogP contribution < -0.4 is 10.6 Å². The molecule has 1 aliphatic heterocycles. The summed E-state index contributed by atoms with van der Waals surface area (Å²) in [5.41, 5.74) is 1.13. The number of hydrogen-bond acceptors (Lipinski definition) is 5. The van der Waals surface area contributed by atoms with Gasteiger partial charge in [-0.25, -0.2) is 4.98 Å². The average Bonchev–Trinajstić information content (AvgIpc) is 3.10. The maximum atomic E-state index is 5.80. The van der Waals surface area contributed by atoms with Crippen LogP contribution in [0.3, 0.4) is 0 Å². The van der Waals surface area contributed by atoms with Crippen molar-refractivity contribution in [1.29, 1.82) is 0 Å². The summed E-state index contributed by atoms with van der Waals surface area (Å²) in [5.74, 6) is 1.58. The second-order valence-electron chi connectivity index (χ2n) is 7.01. The zero-order chi connectivity index (χ0) is 19.2. The number of rotatable bonds is 12. The van der Waals surface area contributed by atoms with E-state index in [0.29, 0.717) is 5.92 Å².